The zero-order valence-corrected chi connectivity index (χ0v) is 15.5. The van der Waals surface area contributed by atoms with Crippen molar-refractivity contribution in [2.24, 2.45) is 0 Å². The number of Topliss-reactive ketones (excluding diaryl/α,β-unsaturated/α-hetero) is 1. The number of ketones is 1. The van der Waals surface area contributed by atoms with Gasteiger partial charge in [-0.1, -0.05) is 6.07 Å². The number of quaternary nitrogens is 1. The fourth-order valence-electron chi connectivity index (χ4n) is 3.92. The Labute approximate surface area is 159 Å². The largest absolute Gasteiger partial charge is 0.356 e. The number of carbonyl (C=O) groups is 2. The number of piperazine rings is 1. The first-order valence-corrected chi connectivity index (χ1v) is 9.77. The predicted octanol–water partition coefficient (Wildman–Crippen LogP) is -0.347. The highest BCUT2D eigenvalue weighted by Gasteiger charge is 2.28. The third kappa shape index (κ3) is 4.03. The van der Waals surface area contributed by atoms with Gasteiger partial charge in [0.15, 0.2) is 0 Å². The van der Waals surface area contributed by atoms with Crippen molar-refractivity contribution in [2.45, 2.75) is 12.8 Å². The molecule has 0 spiro atoms. The van der Waals surface area contributed by atoms with Crippen LogP contribution in [0.15, 0.2) is 36.7 Å². The van der Waals surface area contributed by atoms with Gasteiger partial charge in [0, 0.05) is 30.9 Å². The van der Waals surface area contributed by atoms with E-state index in [1.54, 1.807) is 12.3 Å². The minimum atomic E-state index is 0.00613. The molecule has 1 amide bonds. The van der Waals surface area contributed by atoms with Crippen molar-refractivity contribution in [1.29, 1.82) is 0 Å². The molecule has 0 atom stereocenters. The Hall–Kier alpha value is -2.67. The van der Waals surface area contributed by atoms with E-state index in [4.69, 9.17) is 0 Å². The lowest BCUT2D eigenvalue weighted by atomic mass is 10.2. The molecule has 4 heterocycles. The molecule has 0 saturated carbocycles. The molecule has 27 heavy (non-hydrogen) atoms. The smallest absolute Gasteiger partial charge is 0.274 e. The van der Waals surface area contributed by atoms with E-state index in [9.17, 15) is 9.59 Å². The van der Waals surface area contributed by atoms with Crippen LogP contribution in [-0.2, 0) is 0 Å². The zero-order valence-electron chi connectivity index (χ0n) is 15.5. The number of carbonyl (C=O) groups excluding carboxylic acids is 2. The number of likely N-dealkylation sites (tertiary alicyclic amines) is 1. The Morgan fingerprint density at radius 2 is 1.89 bits per heavy atom. The minimum absolute atomic E-state index is 0.00613. The van der Waals surface area contributed by atoms with Crippen molar-refractivity contribution in [3.8, 4) is 0 Å². The molecule has 2 fully saturated rings. The highest BCUT2D eigenvalue weighted by atomic mass is 16.2. The Balaban J connectivity index is 1.30. The van der Waals surface area contributed by atoms with Gasteiger partial charge in [0.05, 0.1) is 6.20 Å². The number of nitrogens with zero attached hydrogens (tertiary/aromatic N) is 2. The number of nitrogens with one attached hydrogen (secondary N) is 3. The lowest BCUT2D eigenvalue weighted by Gasteiger charge is -2.27. The quantitative estimate of drug-likeness (QED) is 0.708. The summed E-state index contributed by atoms with van der Waals surface area (Å²) in [5.74, 6) is 1.23. The lowest BCUT2D eigenvalue weighted by Crippen LogP contribution is -3.15. The highest BCUT2D eigenvalue weighted by Crippen LogP contribution is 2.13. The van der Waals surface area contributed by atoms with Crippen molar-refractivity contribution in [1.82, 2.24) is 9.88 Å². The van der Waals surface area contributed by atoms with Crippen molar-refractivity contribution < 1.29 is 19.5 Å². The molecule has 0 aromatic carbocycles. The molecule has 2 saturated heterocycles. The van der Waals surface area contributed by atoms with Crippen LogP contribution in [-0.4, -0.2) is 67.4 Å². The number of hydrogen-bond acceptors (Lipinski definition) is 3. The van der Waals surface area contributed by atoms with Gasteiger partial charge in [0.2, 0.25) is 5.78 Å². The van der Waals surface area contributed by atoms with Crippen LogP contribution in [0.5, 0.6) is 0 Å². The molecule has 7 heteroatoms. The van der Waals surface area contributed by atoms with E-state index in [2.05, 4.69) is 20.9 Å². The number of pyridine rings is 1. The fraction of sp³-hybridized carbons (Fsp3) is 0.450. The van der Waals surface area contributed by atoms with Gasteiger partial charge in [-0.15, -0.1) is 0 Å². The Morgan fingerprint density at radius 1 is 1.11 bits per heavy atom. The summed E-state index contributed by atoms with van der Waals surface area (Å²) in [6.45, 7) is 5.81. The third-order valence-electron chi connectivity index (χ3n) is 5.54. The first-order valence-electron chi connectivity index (χ1n) is 9.77. The molecular weight excluding hydrogens is 342 g/mol. The maximum atomic E-state index is 12.6. The minimum Gasteiger partial charge on any atom is -0.356 e. The number of anilines is 1. The van der Waals surface area contributed by atoms with Crippen molar-refractivity contribution >= 4 is 17.5 Å². The van der Waals surface area contributed by atoms with E-state index in [0.717, 1.165) is 57.9 Å². The van der Waals surface area contributed by atoms with E-state index >= 15 is 0 Å². The molecular formula is C20H27N5O2+2. The van der Waals surface area contributed by atoms with Gasteiger partial charge < -0.3 is 14.8 Å². The molecule has 2 aromatic heterocycles. The number of hydrogen-bond donors (Lipinski definition) is 2. The number of rotatable bonds is 5. The van der Waals surface area contributed by atoms with E-state index in [-0.39, 0.29) is 11.7 Å². The summed E-state index contributed by atoms with van der Waals surface area (Å²) in [5, 5.41) is 0. The van der Waals surface area contributed by atoms with E-state index in [0.29, 0.717) is 17.8 Å². The molecule has 4 rings (SSSR count). The van der Waals surface area contributed by atoms with Gasteiger partial charge in [-0.3, -0.25) is 14.5 Å². The summed E-state index contributed by atoms with van der Waals surface area (Å²) in [5.41, 5.74) is 1.14. The van der Waals surface area contributed by atoms with Crippen LogP contribution in [0.2, 0.25) is 0 Å². The summed E-state index contributed by atoms with van der Waals surface area (Å²) < 4.78 is 0. The van der Waals surface area contributed by atoms with E-state index in [1.807, 2.05) is 23.2 Å². The Kier molecular flexibility index (Phi) is 5.20. The van der Waals surface area contributed by atoms with Crippen LogP contribution in [0, 0.1) is 0 Å². The van der Waals surface area contributed by atoms with E-state index < -0.39 is 0 Å². The van der Waals surface area contributed by atoms with Crippen LogP contribution < -0.4 is 14.8 Å². The van der Waals surface area contributed by atoms with Gasteiger partial charge >= 0.3 is 0 Å². The summed E-state index contributed by atoms with van der Waals surface area (Å²) in [4.78, 5) is 36.8. The normalized spacial score (nSPS) is 18.1. The van der Waals surface area contributed by atoms with Crippen molar-refractivity contribution in [3.63, 3.8) is 0 Å². The molecule has 0 radical (unpaired) electrons. The summed E-state index contributed by atoms with van der Waals surface area (Å²) >= 11 is 0. The number of aromatic amines is 2. The molecule has 3 N–H and O–H groups in total. The van der Waals surface area contributed by atoms with Gasteiger partial charge in [0.25, 0.3) is 11.7 Å². The number of amides is 1. The molecule has 2 aliphatic heterocycles. The van der Waals surface area contributed by atoms with Crippen molar-refractivity contribution in [3.05, 3.63) is 47.9 Å². The van der Waals surface area contributed by atoms with Gasteiger partial charge in [-0.2, -0.15) is 0 Å². The van der Waals surface area contributed by atoms with Crippen LogP contribution in [0.4, 0.5) is 5.82 Å². The average Bonchev–Trinajstić information content (AvgIpc) is 3.41. The first kappa shape index (κ1) is 17.7. The van der Waals surface area contributed by atoms with Gasteiger partial charge in [0.1, 0.15) is 38.4 Å². The fourth-order valence-corrected chi connectivity index (χ4v) is 3.92. The number of aromatic nitrogens is 2. The molecule has 0 unspecified atom stereocenters. The van der Waals surface area contributed by atoms with Crippen LogP contribution in [0.25, 0.3) is 0 Å². The second-order valence-corrected chi connectivity index (χ2v) is 7.39. The topological polar surface area (TPSA) is 75.0 Å². The van der Waals surface area contributed by atoms with Crippen molar-refractivity contribution in [2.75, 3.05) is 50.7 Å². The zero-order chi connectivity index (χ0) is 18.6. The summed E-state index contributed by atoms with van der Waals surface area (Å²) in [7, 11) is 0. The van der Waals surface area contributed by atoms with E-state index in [1.165, 1.54) is 4.90 Å². The van der Waals surface area contributed by atoms with Crippen LogP contribution in [0.3, 0.4) is 0 Å². The molecule has 2 aromatic rings. The Bertz CT molecular complexity index is 790. The van der Waals surface area contributed by atoms with Gasteiger partial charge in [-0.05, 0) is 25.0 Å². The third-order valence-corrected chi connectivity index (χ3v) is 5.54. The SMILES string of the molecule is O=C(C[NH+]1CCN(c2cccc[nH+]2)CC1)c1c[nH]c(C(=O)N2CCCC2)c1. The van der Waals surface area contributed by atoms with Gasteiger partial charge in [-0.25, -0.2) is 4.98 Å². The summed E-state index contributed by atoms with van der Waals surface area (Å²) in [6, 6.07) is 7.80. The molecule has 0 aliphatic carbocycles. The maximum absolute atomic E-state index is 12.6. The molecule has 2 aliphatic rings. The second-order valence-electron chi connectivity index (χ2n) is 7.39. The standard InChI is InChI=1S/C20H25N5O2/c26-18(16-13-17(22-14-16)20(27)25-7-3-4-8-25)15-23-9-11-24(12-10-23)19-5-1-2-6-21-19/h1-2,5-6,13-14,22H,3-4,7-12,15H2/p+2. The first-order chi connectivity index (χ1) is 13.2. The monoisotopic (exact) mass is 369 g/mol. The Morgan fingerprint density at radius 3 is 2.59 bits per heavy atom. The molecule has 142 valence electrons. The van der Waals surface area contributed by atoms with Crippen LogP contribution >= 0.6 is 0 Å². The lowest BCUT2D eigenvalue weighted by molar-refractivity contribution is -0.892. The maximum Gasteiger partial charge on any atom is 0.274 e. The predicted molar refractivity (Wildman–Crippen MR) is 101 cm³/mol. The average molecular weight is 369 g/mol. The number of H-pyrrole nitrogens is 2. The second kappa shape index (κ2) is 7.92. The van der Waals surface area contributed by atoms with Crippen LogP contribution in [0.1, 0.15) is 33.7 Å². The highest BCUT2D eigenvalue weighted by molar-refractivity contribution is 6.00. The molecule has 7 nitrogen and oxygen atoms in total. The molecule has 0 bridgehead atoms. The summed E-state index contributed by atoms with van der Waals surface area (Å²) in [6.07, 6.45) is 5.74.